The fourth-order valence-corrected chi connectivity index (χ4v) is 4.49. The summed E-state index contributed by atoms with van der Waals surface area (Å²) in [6, 6.07) is 9.69. The van der Waals surface area contributed by atoms with Crippen molar-refractivity contribution in [3.8, 4) is 11.5 Å². The molecule has 0 spiro atoms. The van der Waals surface area contributed by atoms with Crippen LogP contribution in [0.25, 0.3) is 21.8 Å². The van der Waals surface area contributed by atoms with E-state index in [4.69, 9.17) is 9.47 Å². The Labute approximate surface area is 192 Å². The fraction of sp³-hybridized carbons (Fsp3) is 0.318. The molecule has 11 heteroatoms. The molecule has 0 amide bonds. The lowest BCUT2D eigenvalue weighted by Gasteiger charge is -2.20. The zero-order chi connectivity index (χ0) is 23.5. The predicted molar refractivity (Wildman–Crippen MR) is 125 cm³/mol. The average Bonchev–Trinajstić information content (AvgIpc) is 2.85. The molecule has 1 atom stereocenters. The number of fused-ring (bicyclic) bond motifs is 2. The molecule has 1 N–H and O–H groups in total. The Morgan fingerprint density at radius 1 is 1.03 bits per heavy atom. The highest BCUT2D eigenvalue weighted by atomic mass is 32.2. The lowest BCUT2D eigenvalue weighted by atomic mass is 10.2. The molecule has 0 aliphatic heterocycles. The zero-order valence-electron chi connectivity index (χ0n) is 18.4. The van der Waals surface area contributed by atoms with Crippen molar-refractivity contribution in [2.45, 2.75) is 30.4 Å². The summed E-state index contributed by atoms with van der Waals surface area (Å²) < 4.78 is 13.4. The van der Waals surface area contributed by atoms with Gasteiger partial charge in [-0.15, -0.1) is 5.10 Å². The third kappa shape index (κ3) is 4.16. The minimum atomic E-state index is -0.482. The van der Waals surface area contributed by atoms with E-state index < -0.39 is 6.04 Å². The summed E-state index contributed by atoms with van der Waals surface area (Å²) in [6.07, 6.45) is 0.514. The van der Waals surface area contributed by atoms with Gasteiger partial charge in [0.25, 0.3) is 11.1 Å². The van der Waals surface area contributed by atoms with Gasteiger partial charge in [0.2, 0.25) is 0 Å². The summed E-state index contributed by atoms with van der Waals surface area (Å²) in [5.74, 6) is 0.936. The maximum Gasteiger partial charge on any atom is 0.278 e. The molecule has 4 aromatic rings. The second-order valence-electron chi connectivity index (χ2n) is 7.22. The van der Waals surface area contributed by atoms with E-state index in [1.807, 2.05) is 6.92 Å². The molecule has 0 fully saturated rings. The third-order valence-electron chi connectivity index (χ3n) is 5.37. The van der Waals surface area contributed by atoms with Crippen molar-refractivity contribution in [1.82, 2.24) is 24.5 Å². The summed E-state index contributed by atoms with van der Waals surface area (Å²) >= 11 is 1.16. The molecular weight excluding hydrogens is 446 g/mol. The first kappa shape index (κ1) is 22.7. The number of aliphatic hydroxyl groups is 1. The second-order valence-corrected chi connectivity index (χ2v) is 8.14. The van der Waals surface area contributed by atoms with Gasteiger partial charge in [0, 0.05) is 6.07 Å². The van der Waals surface area contributed by atoms with Crippen molar-refractivity contribution < 1.29 is 14.6 Å². The largest absolute Gasteiger partial charge is 0.493 e. The van der Waals surface area contributed by atoms with E-state index >= 15 is 0 Å². The number of nitrogens with zero attached hydrogens (tertiary/aromatic N) is 5. The minimum Gasteiger partial charge on any atom is -0.493 e. The van der Waals surface area contributed by atoms with E-state index in [0.29, 0.717) is 44.9 Å². The van der Waals surface area contributed by atoms with Crippen molar-refractivity contribution >= 4 is 33.6 Å². The zero-order valence-corrected chi connectivity index (χ0v) is 19.2. The van der Waals surface area contributed by atoms with Crippen LogP contribution in [0.5, 0.6) is 11.5 Å². The summed E-state index contributed by atoms with van der Waals surface area (Å²) in [6.45, 7) is 1.64. The molecular formula is C22H23N5O5S. The SMILES string of the molecule is CCC(CO)n1c(SCn2nnc3ccccc3c2=O)nc2cc(OC)c(OC)cc2c1=O. The molecule has 33 heavy (non-hydrogen) atoms. The van der Waals surface area contributed by atoms with Crippen LogP contribution >= 0.6 is 11.8 Å². The number of rotatable bonds is 8. The highest BCUT2D eigenvalue weighted by Gasteiger charge is 2.20. The van der Waals surface area contributed by atoms with Crippen molar-refractivity contribution in [1.29, 1.82) is 0 Å². The number of methoxy groups -OCH3 is 2. The van der Waals surface area contributed by atoms with Crippen LogP contribution in [0.3, 0.4) is 0 Å². The molecule has 0 aliphatic carbocycles. The first-order valence-corrected chi connectivity index (χ1v) is 11.2. The lowest BCUT2D eigenvalue weighted by Crippen LogP contribution is -2.30. The quantitative estimate of drug-likeness (QED) is 0.306. The highest BCUT2D eigenvalue weighted by molar-refractivity contribution is 7.98. The molecule has 0 saturated heterocycles. The van der Waals surface area contributed by atoms with Gasteiger partial charge in [0.1, 0.15) is 5.52 Å². The van der Waals surface area contributed by atoms with Crippen LogP contribution in [0, 0.1) is 0 Å². The Balaban J connectivity index is 1.83. The van der Waals surface area contributed by atoms with Crippen molar-refractivity contribution in [2.24, 2.45) is 0 Å². The van der Waals surface area contributed by atoms with Crippen LogP contribution in [0.1, 0.15) is 19.4 Å². The number of ether oxygens (including phenoxy) is 2. The Morgan fingerprint density at radius 3 is 2.45 bits per heavy atom. The first-order chi connectivity index (χ1) is 16.0. The Kier molecular flexibility index (Phi) is 6.61. The molecule has 0 bridgehead atoms. The normalized spacial score (nSPS) is 12.2. The van der Waals surface area contributed by atoms with E-state index in [0.717, 1.165) is 11.8 Å². The van der Waals surface area contributed by atoms with Gasteiger partial charge in [-0.1, -0.05) is 36.0 Å². The van der Waals surface area contributed by atoms with Gasteiger partial charge in [-0.2, -0.15) is 4.68 Å². The van der Waals surface area contributed by atoms with Crippen LogP contribution in [0.2, 0.25) is 0 Å². The minimum absolute atomic E-state index is 0.0871. The lowest BCUT2D eigenvalue weighted by molar-refractivity contribution is 0.213. The summed E-state index contributed by atoms with van der Waals surface area (Å²) in [4.78, 5) is 30.9. The number of hydrogen-bond donors (Lipinski definition) is 1. The molecule has 0 aliphatic rings. The standard InChI is InChI=1S/C22H23N5O5S/c1-4-13(11-28)27-21(30)15-9-18(31-2)19(32-3)10-17(15)23-22(27)33-12-26-20(29)14-7-5-6-8-16(14)24-25-26/h5-10,13,28H,4,11-12H2,1-3H3. The molecule has 1 unspecified atom stereocenters. The molecule has 172 valence electrons. The van der Waals surface area contributed by atoms with Crippen LogP contribution < -0.4 is 20.6 Å². The van der Waals surface area contributed by atoms with Crippen LogP contribution in [-0.4, -0.2) is 50.5 Å². The Bertz CT molecular complexity index is 1430. The summed E-state index contributed by atoms with van der Waals surface area (Å²) in [5, 5.41) is 19.2. The number of aliphatic hydroxyl groups excluding tert-OH is 1. The topological polar surface area (TPSA) is 121 Å². The van der Waals surface area contributed by atoms with E-state index in [1.165, 1.54) is 23.5 Å². The van der Waals surface area contributed by atoms with Gasteiger partial charge in [-0.05, 0) is 24.6 Å². The molecule has 2 heterocycles. The van der Waals surface area contributed by atoms with E-state index in [9.17, 15) is 14.7 Å². The van der Waals surface area contributed by atoms with Gasteiger partial charge < -0.3 is 14.6 Å². The van der Waals surface area contributed by atoms with Crippen molar-refractivity contribution in [2.75, 3.05) is 20.8 Å². The molecule has 0 radical (unpaired) electrons. The monoisotopic (exact) mass is 469 g/mol. The molecule has 10 nitrogen and oxygen atoms in total. The number of benzene rings is 2. The van der Waals surface area contributed by atoms with E-state index in [2.05, 4.69) is 15.3 Å². The predicted octanol–water partition coefficient (Wildman–Crippen LogP) is 2.21. The van der Waals surface area contributed by atoms with Gasteiger partial charge in [-0.3, -0.25) is 14.2 Å². The Morgan fingerprint density at radius 2 is 1.76 bits per heavy atom. The molecule has 2 aromatic carbocycles. The van der Waals surface area contributed by atoms with Crippen LogP contribution in [-0.2, 0) is 5.88 Å². The summed E-state index contributed by atoms with van der Waals surface area (Å²) in [5.41, 5.74) is 0.322. The number of thioether (sulfide) groups is 1. The van der Waals surface area contributed by atoms with E-state index in [1.54, 1.807) is 36.4 Å². The fourth-order valence-electron chi connectivity index (χ4n) is 3.55. The average molecular weight is 470 g/mol. The van der Waals surface area contributed by atoms with E-state index in [-0.39, 0.29) is 23.6 Å². The van der Waals surface area contributed by atoms with Gasteiger partial charge in [0.05, 0.1) is 49.0 Å². The third-order valence-corrected chi connectivity index (χ3v) is 6.29. The van der Waals surface area contributed by atoms with Crippen molar-refractivity contribution in [3.05, 3.63) is 57.1 Å². The Hall–Kier alpha value is -3.44. The molecule has 0 saturated carbocycles. The number of hydrogen-bond acceptors (Lipinski definition) is 9. The van der Waals surface area contributed by atoms with Crippen molar-refractivity contribution in [3.63, 3.8) is 0 Å². The molecule has 2 aromatic heterocycles. The first-order valence-electron chi connectivity index (χ1n) is 10.3. The highest BCUT2D eigenvalue weighted by Crippen LogP contribution is 2.32. The maximum atomic E-state index is 13.4. The number of aromatic nitrogens is 5. The smallest absolute Gasteiger partial charge is 0.278 e. The van der Waals surface area contributed by atoms with Crippen LogP contribution in [0.15, 0.2) is 51.1 Å². The van der Waals surface area contributed by atoms with Gasteiger partial charge >= 0.3 is 0 Å². The second kappa shape index (κ2) is 9.59. The summed E-state index contributed by atoms with van der Waals surface area (Å²) in [7, 11) is 3.00. The van der Waals surface area contributed by atoms with Gasteiger partial charge in [0.15, 0.2) is 16.7 Å². The van der Waals surface area contributed by atoms with Crippen LogP contribution in [0.4, 0.5) is 0 Å². The maximum absolute atomic E-state index is 13.4. The van der Waals surface area contributed by atoms with Gasteiger partial charge in [-0.25, -0.2) is 4.98 Å². The molecule has 4 rings (SSSR count).